The van der Waals surface area contributed by atoms with Gasteiger partial charge in [0.15, 0.2) is 0 Å². The fraction of sp³-hybridized carbons (Fsp3) is 0.414. The molecule has 1 fully saturated rings. The number of aromatic hydroxyl groups is 2. The third-order valence-corrected chi connectivity index (χ3v) is 7.50. The summed E-state index contributed by atoms with van der Waals surface area (Å²) < 4.78 is 5.15. The van der Waals surface area contributed by atoms with E-state index in [0.29, 0.717) is 66.0 Å². The number of β-amino-alcohol motifs (C(OH)–C–C–N with tert-alkyl or cyclic N) is 1. The number of phenols is 2. The van der Waals surface area contributed by atoms with Gasteiger partial charge >= 0.3 is 0 Å². The van der Waals surface area contributed by atoms with E-state index in [2.05, 4.69) is 9.88 Å². The normalized spacial score (nSPS) is 21.9. The molecule has 1 saturated heterocycles. The Kier molecular flexibility index (Phi) is 8.04. The zero-order chi connectivity index (χ0) is 26.7. The van der Waals surface area contributed by atoms with Crippen molar-refractivity contribution >= 4 is 0 Å². The van der Waals surface area contributed by atoms with Gasteiger partial charge in [-0.15, -0.1) is 0 Å². The van der Waals surface area contributed by atoms with E-state index >= 15 is 0 Å². The zero-order valence-corrected chi connectivity index (χ0v) is 21.5. The first kappa shape index (κ1) is 26.9. The number of hydrogen-bond donors (Lipinski definition) is 5. The average molecular weight is 509 g/mol. The number of likely N-dealkylation sites (tertiary alicyclic amines) is 1. The van der Waals surface area contributed by atoms with Gasteiger partial charge in [0.2, 0.25) is 5.88 Å². The Hall–Kier alpha value is -3.17. The Morgan fingerprint density at radius 3 is 2.14 bits per heavy atom. The summed E-state index contributed by atoms with van der Waals surface area (Å²) in [7, 11) is 1.54. The quantitative estimate of drug-likeness (QED) is 0.312. The van der Waals surface area contributed by atoms with E-state index in [4.69, 9.17) is 4.74 Å². The molecule has 4 rings (SSSR count). The summed E-state index contributed by atoms with van der Waals surface area (Å²) in [6, 6.07) is 13.4. The lowest BCUT2D eigenvalue weighted by Gasteiger charge is -2.45. The molecule has 0 amide bonds. The standard InChI is InChI=1S/C29H36N2O6/c1-18-12-20(4-7-24(18)32)26(34)14-23-15-29(36,22-6-9-28(37-3)30-16-22)10-11-31(23)17-27(35)21-5-8-25(33)19(2)13-21/h4-9,12-13,16,23,26-27,32-36H,10-11,14-15,17H2,1-3H3. The molecule has 8 nitrogen and oxygen atoms in total. The monoisotopic (exact) mass is 508 g/mol. The van der Waals surface area contributed by atoms with E-state index in [1.807, 2.05) is 6.07 Å². The number of aliphatic hydroxyl groups excluding tert-OH is 2. The Bertz CT molecular complexity index is 1220. The van der Waals surface area contributed by atoms with Gasteiger partial charge in [-0.1, -0.05) is 12.1 Å². The number of aliphatic hydroxyl groups is 3. The van der Waals surface area contributed by atoms with Crippen molar-refractivity contribution in [3.05, 3.63) is 82.5 Å². The lowest BCUT2D eigenvalue weighted by molar-refractivity contribution is -0.0712. The summed E-state index contributed by atoms with van der Waals surface area (Å²) in [4.78, 5) is 6.37. The van der Waals surface area contributed by atoms with Gasteiger partial charge in [0.25, 0.3) is 0 Å². The van der Waals surface area contributed by atoms with Crippen LogP contribution in [0, 0.1) is 13.8 Å². The number of rotatable bonds is 8. The molecule has 1 aliphatic heterocycles. The van der Waals surface area contributed by atoms with Gasteiger partial charge in [-0.25, -0.2) is 4.98 Å². The van der Waals surface area contributed by atoms with E-state index in [-0.39, 0.29) is 17.5 Å². The smallest absolute Gasteiger partial charge is 0.212 e. The van der Waals surface area contributed by atoms with E-state index < -0.39 is 17.8 Å². The van der Waals surface area contributed by atoms with Crippen molar-refractivity contribution in [2.24, 2.45) is 0 Å². The van der Waals surface area contributed by atoms with Gasteiger partial charge in [0, 0.05) is 37.0 Å². The summed E-state index contributed by atoms with van der Waals surface area (Å²) >= 11 is 0. The number of piperidine rings is 1. The van der Waals surface area contributed by atoms with Crippen LogP contribution in [0.1, 0.15) is 59.3 Å². The number of aryl methyl sites for hydroxylation is 2. The molecule has 0 radical (unpaired) electrons. The largest absolute Gasteiger partial charge is 0.508 e. The van der Waals surface area contributed by atoms with Crippen molar-refractivity contribution in [3.8, 4) is 17.4 Å². The first-order chi connectivity index (χ1) is 17.6. The molecule has 1 aromatic heterocycles. The molecule has 3 aromatic rings. The predicted molar refractivity (Wildman–Crippen MR) is 140 cm³/mol. The maximum absolute atomic E-state index is 11.7. The average Bonchev–Trinajstić information content (AvgIpc) is 2.88. The number of phenolic OH excluding ortho intramolecular Hbond substituents is 2. The molecule has 0 bridgehead atoms. The summed E-state index contributed by atoms with van der Waals surface area (Å²) in [5.74, 6) is 0.813. The van der Waals surface area contributed by atoms with Crippen LogP contribution in [0.4, 0.5) is 0 Å². The molecule has 4 unspecified atom stereocenters. The van der Waals surface area contributed by atoms with Crippen LogP contribution in [-0.4, -0.2) is 61.7 Å². The molecule has 8 heteroatoms. The number of hydrogen-bond acceptors (Lipinski definition) is 8. The van der Waals surface area contributed by atoms with E-state index in [1.165, 1.54) is 0 Å². The number of ether oxygens (including phenoxy) is 1. The summed E-state index contributed by atoms with van der Waals surface area (Å²) in [6.07, 6.45) is 1.11. The van der Waals surface area contributed by atoms with Gasteiger partial charge in [-0.05, 0) is 85.7 Å². The van der Waals surface area contributed by atoms with Crippen LogP contribution in [0.2, 0.25) is 0 Å². The Morgan fingerprint density at radius 1 is 0.973 bits per heavy atom. The molecule has 198 valence electrons. The molecule has 2 aromatic carbocycles. The first-order valence-electron chi connectivity index (χ1n) is 12.5. The Labute approximate surface area is 217 Å². The second-order valence-electron chi connectivity index (χ2n) is 10.1. The summed E-state index contributed by atoms with van der Waals surface area (Å²) in [6.45, 7) is 4.38. The minimum Gasteiger partial charge on any atom is -0.508 e. The van der Waals surface area contributed by atoms with Crippen molar-refractivity contribution in [2.45, 2.75) is 57.0 Å². The van der Waals surface area contributed by atoms with Crippen LogP contribution in [0.25, 0.3) is 0 Å². The lowest BCUT2D eigenvalue weighted by Crippen LogP contribution is -2.50. The minimum absolute atomic E-state index is 0.170. The maximum Gasteiger partial charge on any atom is 0.212 e. The number of methoxy groups -OCH3 is 1. The third kappa shape index (κ3) is 6.05. The molecule has 0 saturated carbocycles. The van der Waals surface area contributed by atoms with Crippen LogP contribution in [0.5, 0.6) is 17.4 Å². The number of nitrogens with zero attached hydrogens (tertiary/aromatic N) is 2. The molecule has 37 heavy (non-hydrogen) atoms. The van der Waals surface area contributed by atoms with Crippen molar-refractivity contribution in [1.29, 1.82) is 0 Å². The summed E-state index contributed by atoms with van der Waals surface area (Å²) in [5, 5.41) is 53.6. The van der Waals surface area contributed by atoms with Crippen LogP contribution < -0.4 is 4.74 Å². The topological polar surface area (TPSA) is 127 Å². The Morgan fingerprint density at radius 2 is 1.59 bits per heavy atom. The molecule has 0 aliphatic carbocycles. The van der Waals surface area contributed by atoms with Crippen molar-refractivity contribution in [2.75, 3.05) is 20.2 Å². The van der Waals surface area contributed by atoms with Crippen molar-refractivity contribution in [1.82, 2.24) is 9.88 Å². The first-order valence-corrected chi connectivity index (χ1v) is 12.5. The molecular weight excluding hydrogens is 472 g/mol. The van der Waals surface area contributed by atoms with Gasteiger partial charge in [-0.2, -0.15) is 0 Å². The van der Waals surface area contributed by atoms with Gasteiger partial charge < -0.3 is 30.3 Å². The van der Waals surface area contributed by atoms with Gasteiger partial charge in [0.05, 0.1) is 24.9 Å². The Balaban J connectivity index is 1.58. The number of aromatic nitrogens is 1. The summed E-state index contributed by atoms with van der Waals surface area (Å²) in [5.41, 5.74) is 2.28. The van der Waals surface area contributed by atoms with Gasteiger partial charge in [0.1, 0.15) is 11.5 Å². The van der Waals surface area contributed by atoms with E-state index in [1.54, 1.807) is 69.6 Å². The number of pyridine rings is 1. The van der Waals surface area contributed by atoms with Crippen LogP contribution in [-0.2, 0) is 5.60 Å². The van der Waals surface area contributed by atoms with E-state index in [0.717, 1.165) is 0 Å². The van der Waals surface area contributed by atoms with Crippen LogP contribution in [0.15, 0.2) is 54.7 Å². The lowest BCUT2D eigenvalue weighted by atomic mass is 9.79. The van der Waals surface area contributed by atoms with Crippen LogP contribution in [0.3, 0.4) is 0 Å². The number of benzene rings is 2. The van der Waals surface area contributed by atoms with Crippen molar-refractivity contribution < 1.29 is 30.3 Å². The molecular formula is C29H36N2O6. The molecule has 0 spiro atoms. The molecule has 2 heterocycles. The predicted octanol–water partition coefficient (Wildman–Crippen LogP) is 3.63. The van der Waals surface area contributed by atoms with E-state index in [9.17, 15) is 25.5 Å². The highest BCUT2D eigenvalue weighted by atomic mass is 16.5. The van der Waals surface area contributed by atoms with Gasteiger partial charge in [-0.3, -0.25) is 4.90 Å². The second kappa shape index (κ2) is 11.1. The highest BCUT2D eigenvalue weighted by Gasteiger charge is 2.41. The fourth-order valence-electron chi connectivity index (χ4n) is 5.14. The highest BCUT2D eigenvalue weighted by Crippen LogP contribution is 2.40. The maximum atomic E-state index is 11.7. The third-order valence-electron chi connectivity index (χ3n) is 7.50. The second-order valence-corrected chi connectivity index (χ2v) is 10.1. The fourth-order valence-corrected chi connectivity index (χ4v) is 5.14. The molecule has 4 atom stereocenters. The minimum atomic E-state index is -1.15. The highest BCUT2D eigenvalue weighted by molar-refractivity contribution is 5.37. The van der Waals surface area contributed by atoms with Crippen molar-refractivity contribution in [3.63, 3.8) is 0 Å². The molecule has 5 N–H and O–H groups in total. The molecule has 1 aliphatic rings. The zero-order valence-electron chi connectivity index (χ0n) is 21.5. The van der Waals surface area contributed by atoms with Crippen LogP contribution >= 0.6 is 0 Å². The SMILES string of the molecule is COc1ccc(C2(O)CCN(CC(O)c3ccc(O)c(C)c3)C(CC(O)c3ccc(O)c(C)c3)C2)cn1.